The molecule has 0 spiro atoms. The normalized spacial score (nSPS) is 26.6. The van der Waals surface area contributed by atoms with E-state index in [1.807, 2.05) is 0 Å². The quantitative estimate of drug-likeness (QED) is 0.339. The summed E-state index contributed by atoms with van der Waals surface area (Å²) < 4.78 is 0. The second kappa shape index (κ2) is 10.9. The molecule has 0 heterocycles. The van der Waals surface area contributed by atoms with E-state index in [1.165, 1.54) is 86.5 Å². The minimum absolute atomic E-state index is 0.558. The molecule has 0 radical (unpaired) electrons. The van der Waals surface area contributed by atoms with Gasteiger partial charge in [-0.3, -0.25) is 0 Å². The summed E-state index contributed by atoms with van der Waals surface area (Å²) in [6.45, 7) is 13.4. The highest BCUT2D eigenvalue weighted by atomic mass is 14.4. The van der Waals surface area contributed by atoms with Crippen LogP contribution in [0, 0.1) is 24.7 Å². The van der Waals surface area contributed by atoms with Crippen molar-refractivity contribution < 1.29 is 0 Å². The van der Waals surface area contributed by atoms with Crippen molar-refractivity contribution in [2.75, 3.05) is 0 Å². The van der Waals surface area contributed by atoms with Gasteiger partial charge in [0.1, 0.15) is 0 Å². The second-order valence-corrected chi connectivity index (χ2v) is 12.1. The van der Waals surface area contributed by atoms with Gasteiger partial charge in [-0.2, -0.15) is 0 Å². The summed E-state index contributed by atoms with van der Waals surface area (Å²) in [5.74, 6) is 4.09. The predicted molar refractivity (Wildman–Crippen MR) is 152 cm³/mol. The van der Waals surface area contributed by atoms with Crippen molar-refractivity contribution >= 4 is 5.57 Å². The maximum atomic E-state index is 4.58. The number of fused-ring (bicyclic) bond motifs is 1. The second-order valence-electron chi connectivity index (χ2n) is 12.1. The van der Waals surface area contributed by atoms with Crippen molar-refractivity contribution in [3.63, 3.8) is 0 Å². The van der Waals surface area contributed by atoms with E-state index in [0.717, 1.165) is 30.6 Å². The summed E-state index contributed by atoms with van der Waals surface area (Å²) in [6.07, 6.45) is 16.0. The van der Waals surface area contributed by atoms with Gasteiger partial charge in [-0.1, -0.05) is 92.9 Å². The third-order valence-corrected chi connectivity index (χ3v) is 9.96. The number of rotatable bonds is 8. The summed E-state index contributed by atoms with van der Waals surface area (Å²) in [4.78, 5) is 0. The van der Waals surface area contributed by atoms with Gasteiger partial charge < -0.3 is 0 Å². The van der Waals surface area contributed by atoms with Crippen LogP contribution in [0.1, 0.15) is 117 Å². The minimum Gasteiger partial charge on any atom is -0.0999 e. The van der Waals surface area contributed by atoms with Crippen LogP contribution in [0.3, 0.4) is 0 Å². The first-order valence-corrected chi connectivity index (χ1v) is 14.6. The fourth-order valence-corrected chi connectivity index (χ4v) is 7.28. The smallest absolute Gasteiger partial charge is 0.00872 e. The fourth-order valence-electron chi connectivity index (χ4n) is 7.28. The molecule has 2 aromatic rings. The molecule has 2 atom stereocenters. The highest BCUT2D eigenvalue weighted by molar-refractivity contribution is 5.64. The van der Waals surface area contributed by atoms with Crippen molar-refractivity contribution in [3.8, 4) is 0 Å². The van der Waals surface area contributed by atoms with Crippen LogP contribution in [-0.2, 0) is 6.42 Å². The van der Waals surface area contributed by atoms with Gasteiger partial charge in [0.05, 0.1) is 0 Å². The lowest BCUT2D eigenvalue weighted by Crippen LogP contribution is -2.26. The van der Waals surface area contributed by atoms with Crippen LogP contribution in [0.2, 0.25) is 0 Å². The van der Waals surface area contributed by atoms with Crippen LogP contribution in [0.25, 0.3) is 5.57 Å². The van der Waals surface area contributed by atoms with Crippen LogP contribution in [0.5, 0.6) is 0 Å². The summed E-state index contributed by atoms with van der Waals surface area (Å²) in [7, 11) is 0. The molecule has 0 bridgehead atoms. The maximum absolute atomic E-state index is 4.58. The van der Waals surface area contributed by atoms with Gasteiger partial charge >= 0.3 is 0 Å². The third kappa shape index (κ3) is 5.52. The Kier molecular flexibility index (Phi) is 7.66. The Bertz CT molecular complexity index is 1030. The molecule has 0 N–H and O–H groups in total. The fraction of sp³-hybridized carbons (Fsp3) is 0.543. The lowest BCUT2D eigenvalue weighted by molar-refractivity contribution is 0.154. The van der Waals surface area contributed by atoms with Gasteiger partial charge in [-0.05, 0) is 122 Å². The monoisotopic (exact) mass is 466 g/mol. The summed E-state index contributed by atoms with van der Waals surface area (Å²) in [5, 5.41) is 0. The first kappa shape index (κ1) is 24.6. The van der Waals surface area contributed by atoms with Gasteiger partial charge in [0.2, 0.25) is 0 Å². The molecule has 0 saturated heterocycles. The topological polar surface area (TPSA) is 0 Å². The lowest BCUT2D eigenvalue weighted by Gasteiger charge is -2.39. The molecule has 0 nitrogen and oxygen atoms in total. The number of allylic oxidation sites excluding steroid dienone is 2. The van der Waals surface area contributed by atoms with Crippen LogP contribution in [0.4, 0.5) is 0 Å². The Hall–Kier alpha value is -2.08. The summed E-state index contributed by atoms with van der Waals surface area (Å²) in [5.41, 5.74) is 10.2. The van der Waals surface area contributed by atoms with Gasteiger partial charge in [-0.25, -0.2) is 0 Å². The van der Waals surface area contributed by atoms with Crippen LogP contribution in [0.15, 0.2) is 61.2 Å². The molecular formula is C35H46. The molecule has 5 rings (SSSR count). The Labute approximate surface area is 214 Å². The molecule has 35 heavy (non-hydrogen) atoms. The number of benzene rings is 2. The molecule has 0 heteroatoms. The highest BCUT2D eigenvalue weighted by Gasteiger charge is 2.33. The van der Waals surface area contributed by atoms with Crippen LogP contribution in [-0.4, -0.2) is 0 Å². The average molecular weight is 467 g/mol. The summed E-state index contributed by atoms with van der Waals surface area (Å²) in [6, 6.07) is 16.6. The zero-order valence-corrected chi connectivity index (χ0v) is 22.3. The average Bonchev–Trinajstić information content (AvgIpc) is 2.85. The molecule has 0 aromatic heterocycles. The van der Waals surface area contributed by atoms with E-state index in [1.54, 1.807) is 16.7 Å². The Morgan fingerprint density at radius 1 is 0.829 bits per heavy atom. The highest BCUT2D eigenvalue weighted by Crippen LogP contribution is 2.48. The molecule has 2 fully saturated rings. The van der Waals surface area contributed by atoms with Crippen molar-refractivity contribution in [1.29, 1.82) is 0 Å². The number of hydrogen-bond acceptors (Lipinski definition) is 0. The first-order valence-electron chi connectivity index (χ1n) is 14.6. The Morgan fingerprint density at radius 3 is 2.20 bits per heavy atom. The van der Waals surface area contributed by atoms with Crippen LogP contribution < -0.4 is 0 Å². The predicted octanol–water partition coefficient (Wildman–Crippen LogP) is 10.2. The third-order valence-electron chi connectivity index (χ3n) is 9.96. The molecule has 3 aliphatic carbocycles. The van der Waals surface area contributed by atoms with Crippen molar-refractivity contribution in [1.82, 2.24) is 0 Å². The van der Waals surface area contributed by atoms with E-state index < -0.39 is 0 Å². The molecule has 3 aliphatic rings. The minimum atomic E-state index is 0.558. The van der Waals surface area contributed by atoms with E-state index in [9.17, 15) is 0 Å². The van der Waals surface area contributed by atoms with E-state index in [0.29, 0.717) is 11.8 Å². The molecular weight excluding hydrogens is 420 g/mol. The zero-order chi connectivity index (χ0) is 24.4. The van der Waals surface area contributed by atoms with Crippen molar-refractivity contribution in [2.45, 2.75) is 103 Å². The van der Waals surface area contributed by atoms with Crippen molar-refractivity contribution in [3.05, 3.63) is 89.0 Å². The van der Waals surface area contributed by atoms with Gasteiger partial charge in [0.15, 0.2) is 0 Å². The standard InChI is InChI=1S/C35H46/c1-5-24(2)21-33-20-18-31-17-19-32(30-15-13-29(14-16-30)28-7-6-8-28)23-35(31)34(33)22-26(4)27-11-9-25(3)10-12-27/h9-12,17,19,23,28-30,33-34H,2,4-8,13-16,18,20-22H2,1,3H3. The SMILES string of the molecule is C=C(CC)CC1CCc2ccc(C3CCC(C4CCC4)CC3)cc2C1CC(=C)c1ccc(C)cc1. The van der Waals surface area contributed by atoms with E-state index in [4.69, 9.17) is 0 Å². The van der Waals surface area contributed by atoms with E-state index in [-0.39, 0.29) is 0 Å². The van der Waals surface area contributed by atoms with Gasteiger partial charge in [-0.15, -0.1) is 0 Å². The molecule has 2 unspecified atom stereocenters. The van der Waals surface area contributed by atoms with Crippen molar-refractivity contribution in [2.24, 2.45) is 17.8 Å². The maximum Gasteiger partial charge on any atom is -0.00872 e. The van der Waals surface area contributed by atoms with E-state index in [2.05, 4.69) is 69.5 Å². The Morgan fingerprint density at radius 2 is 1.54 bits per heavy atom. The summed E-state index contributed by atoms with van der Waals surface area (Å²) >= 11 is 0. The molecule has 0 amide bonds. The van der Waals surface area contributed by atoms with Crippen LogP contribution >= 0.6 is 0 Å². The number of aryl methyl sites for hydroxylation is 2. The molecule has 186 valence electrons. The van der Waals surface area contributed by atoms with Gasteiger partial charge in [0, 0.05) is 0 Å². The molecule has 2 saturated carbocycles. The van der Waals surface area contributed by atoms with E-state index >= 15 is 0 Å². The zero-order valence-electron chi connectivity index (χ0n) is 22.3. The largest absolute Gasteiger partial charge is 0.0999 e. The number of hydrogen-bond donors (Lipinski definition) is 0. The lowest BCUT2D eigenvalue weighted by atomic mass is 9.66. The first-order chi connectivity index (χ1) is 17.0. The molecule has 2 aromatic carbocycles. The van der Waals surface area contributed by atoms with Gasteiger partial charge in [0.25, 0.3) is 0 Å². The molecule has 0 aliphatic heterocycles. The Balaban J connectivity index is 1.38.